The van der Waals surface area contributed by atoms with Gasteiger partial charge < -0.3 is 10.1 Å². The van der Waals surface area contributed by atoms with E-state index in [1.807, 2.05) is 7.05 Å². The summed E-state index contributed by atoms with van der Waals surface area (Å²) in [5.41, 5.74) is 0. The van der Waals surface area contributed by atoms with E-state index < -0.39 is 0 Å². The first-order valence-electron chi connectivity index (χ1n) is 6.38. The molecule has 0 aromatic rings. The highest BCUT2D eigenvalue weighted by atomic mass is 32.2. The quantitative estimate of drug-likeness (QED) is 0.312. The summed E-state index contributed by atoms with van der Waals surface area (Å²) in [5.74, 6) is 2.15. The van der Waals surface area contributed by atoms with E-state index in [-0.39, 0.29) is 12.0 Å². The van der Waals surface area contributed by atoms with Gasteiger partial charge in [0.2, 0.25) is 0 Å². The molecule has 0 aliphatic carbocycles. The molecule has 1 atom stereocenters. The van der Waals surface area contributed by atoms with Crippen molar-refractivity contribution in [3.8, 4) is 0 Å². The van der Waals surface area contributed by atoms with Crippen molar-refractivity contribution in [1.29, 1.82) is 0 Å². The normalized spacial score (nSPS) is 19.8. The number of nitrogens with one attached hydrogen (secondary N) is 3. The average Bonchev–Trinajstić information content (AvgIpc) is 2.39. The fraction of sp³-hybridized carbons (Fsp3) is 0.909. The molecule has 0 amide bonds. The molecule has 3 N–H and O–H groups in total. The zero-order chi connectivity index (χ0) is 13.1. The number of hydrogen-bond acceptors (Lipinski definition) is 7. The van der Waals surface area contributed by atoms with Gasteiger partial charge in [0.25, 0.3) is 0 Å². The first-order chi connectivity index (χ1) is 8.84. The lowest BCUT2D eigenvalue weighted by Crippen LogP contribution is -2.43. The van der Waals surface area contributed by atoms with Gasteiger partial charge in [0.15, 0.2) is 0 Å². The van der Waals surface area contributed by atoms with Crippen molar-refractivity contribution in [1.82, 2.24) is 14.8 Å². The minimum atomic E-state index is -0.0995. The van der Waals surface area contributed by atoms with E-state index in [1.54, 1.807) is 23.9 Å². The van der Waals surface area contributed by atoms with E-state index in [1.165, 1.54) is 6.42 Å². The molecule has 0 aromatic carbocycles. The van der Waals surface area contributed by atoms with Crippen LogP contribution in [-0.4, -0.2) is 50.3 Å². The molecular weight excluding hydrogens is 270 g/mol. The summed E-state index contributed by atoms with van der Waals surface area (Å²) in [6.45, 7) is 2.25. The van der Waals surface area contributed by atoms with Gasteiger partial charge in [-0.05, 0) is 26.3 Å². The maximum absolute atomic E-state index is 11.3. The number of ether oxygens (including phenoxy) is 1. The summed E-state index contributed by atoms with van der Waals surface area (Å²) in [5, 5.41) is 3.22. The molecule has 1 fully saturated rings. The van der Waals surface area contributed by atoms with E-state index >= 15 is 0 Å². The summed E-state index contributed by atoms with van der Waals surface area (Å²) in [7, 11) is 1.94. The van der Waals surface area contributed by atoms with Crippen LogP contribution in [0.15, 0.2) is 0 Å². The van der Waals surface area contributed by atoms with Crippen LogP contribution in [0.25, 0.3) is 0 Å². The Hall–Kier alpha value is 0.0500. The van der Waals surface area contributed by atoms with E-state index in [0.29, 0.717) is 6.61 Å². The van der Waals surface area contributed by atoms with Crippen molar-refractivity contribution in [2.75, 3.05) is 38.2 Å². The third-order valence-corrected chi connectivity index (χ3v) is 4.21. The molecule has 0 bridgehead atoms. The van der Waals surface area contributed by atoms with Crippen LogP contribution in [0.5, 0.6) is 0 Å². The molecule has 7 heteroatoms. The van der Waals surface area contributed by atoms with Gasteiger partial charge in [0.05, 0.1) is 6.61 Å². The van der Waals surface area contributed by atoms with Crippen LogP contribution >= 0.6 is 23.9 Å². The monoisotopic (exact) mass is 293 g/mol. The Kier molecular flexibility index (Phi) is 9.78. The molecular formula is C11H23N3O2S2. The molecule has 1 unspecified atom stereocenters. The highest BCUT2D eigenvalue weighted by Gasteiger charge is 2.22. The number of hydrogen-bond donors (Lipinski definition) is 3. The summed E-state index contributed by atoms with van der Waals surface area (Å²) >= 11 is 3.48. The topological polar surface area (TPSA) is 62.4 Å². The van der Waals surface area contributed by atoms with Crippen LogP contribution in [-0.2, 0) is 9.53 Å². The molecule has 5 nitrogen and oxygen atoms in total. The summed E-state index contributed by atoms with van der Waals surface area (Å²) < 4.78 is 11.3. The molecule has 0 saturated carbocycles. The average molecular weight is 293 g/mol. The number of carbonyl (C=O) groups is 1. The molecule has 1 rings (SSSR count). The minimum Gasteiger partial charge on any atom is -0.465 e. The maximum atomic E-state index is 11.3. The van der Waals surface area contributed by atoms with Gasteiger partial charge in [-0.2, -0.15) is 0 Å². The van der Waals surface area contributed by atoms with Gasteiger partial charge in [0, 0.05) is 24.6 Å². The third kappa shape index (κ3) is 7.48. The Labute approximate surface area is 118 Å². The highest BCUT2D eigenvalue weighted by molar-refractivity contribution is 7.98. The second kappa shape index (κ2) is 10.9. The summed E-state index contributed by atoms with van der Waals surface area (Å²) in [6, 6.07) is -0.0995. The van der Waals surface area contributed by atoms with Gasteiger partial charge in [-0.25, -0.2) is 0 Å². The number of carbonyl (C=O) groups excluding carboxylic acids is 1. The molecule has 0 radical (unpaired) electrons. The van der Waals surface area contributed by atoms with Crippen LogP contribution in [0.3, 0.4) is 0 Å². The van der Waals surface area contributed by atoms with Gasteiger partial charge in [-0.15, -0.1) is 0 Å². The maximum Gasteiger partial charge on any atom is 0.323 e. The zero-order valence-electron chi connectivity index (χ0n) is 10.9. The molecule has 1 heterocycles. The first kappa shape index (κ1) is 16.1. The van der Waals surface area contributed by atoms with Crippen molar-refractivity contribution in [3.63, 3.8) is 0 Å². The molecule has 1 aliphatic rings. The second-order valence-corrected chi connectivity index (χ2v) is 6.06. The molecule has 18 heavy (non-hydrogen) atoms. The fourth-order valence-electron chi connectivity index (χ4n) is 1.61. The van der Waals surface area contributed by atoms with Gasteiger partial charge in [-0.1, -0.05) is 23.9 Å². The smallest absolute Gasteiger partial charge is 0.323 e. The Morgan fingerprint density at radius 1 is 1.33 bits per heavy atom. The molecule has 1 aliphatic heterocycles. The van der Waals surface area contributed by atoms with Crippen molar-refractivity contribution < 1.29 is 9.53 Å². The predicted octanol–water partition coefficient (Wildman–Crippen LogP) is 0.777. The lowest BCUT2D eigenvalue weighted by atomic mass is 10.1. The lowest BCUT2D eigenvalue weighted by Gasteiger charge is -2.21. The number of cyclic esters (lactones) is 1. The summed E-state index contributed by atoms with van der Waals surface area (Å²) in [4.78, 5) is 11.3. The third-order valence-electron chi connectivity index (χ3n) is 2.52. The minimum absolute atomic E-state index is 0.0991. The number of esters is 1. The standard InChI is InChI=1S/C11H23N3O2S2/c1-12-17-8-3-9-18-14-6-5-13-10-4-2-7-16-11(10)15/h10,12-14H,2-9H2,1H3. The van der Waals surface area contributed by atoms with Crippen LogP contribution in [0.4, 0.5) is 0 Å². The van der Waals surface area contributed by atoms with Crippen molar-refractivity contribution in [2.24, 2.45) is 0 Å². The predicted molar refractivity (Wildman–Crippen MR) is 78.6 cm³/mol. The zero-order valence-corrected chi connectivity index (χ0v) is 12.5. The van der Waals surface area contributed by atoms with Gasteiger partial charge in [0.1, 0.15) is 6.04 Å². The van der Waals surface area contributed by atoms with Crippen molar-refractivity contribution >= 4 is 29.9 Å². The Morgan fingerprint density at radius 3 is 2.94 bits per heavy atom. The largest absolute Gasteiger partial charge is 0.465 e. The fourth-order valence-corrected chi connectivity index (χ4v) is 2.97. The SMILES string of the molecule is CNSCCCSNCCNC1CCCOC1=O. The van der Waals surface area contributed by atoms with Crippen LogP contribution in [0, 0.1) is 0 Å². The van der Waals surface area contributed by atoms with E-state index in [4.69, 9.17) is 4.74 Å². The molecule has 0 spiro atoms. The second-order valence-electron chi connectivity index (χ2n) is 3.97. The van der Waals surface area contributed by atoms with Crippen LogP contribution in [0.1, 0.15) is 19.3 Å². The van der Waals surface area contributed by atoms with Crippen molar-refractivity contribution in [2.45, 2.75) is 25.3 Å². The molecule has 1 saturated heterocycles. The first-order valence-corrected chi connectivity index (χ1v) is 8.35. The van der Waals surface area contributed by atoms with E-state index in [0.717, 1.165) is 37.4 Å². The molecule has 0 aromatic heterocycles. The molecule has 106 valence electrons. The van der Waals surface area contributed by atoms with E-state index in [9.17, 15) is 4.79 Å². The van der Waals surface area contributed by atoms with Crippen LogP contribution < -0.4 is 14.8 Å². The Bertz CT molecular complexity index is 232. The summed E-state index contributed by atoms with van der Waals surface area (Å²) in [6.07, 6.45) is 3.05. The van der Waals surface area contributed by atoms with Gasteiger partial charge >= 0.3 is 5.97 Å². The van der Waals surface area contributed by atoms with Gasteiger partial charge in [-0.3, -0.25) is 14.2 Å². The highest BCUT2D eigenvalue weighted by Crippen LogP contribution is 2.07. The van der Waals surface area contributed by atoms with Crippen molar-refractivity contribution in [3.05, 3.63) is 0 Å². The lowest BCUT2D eigenvalue weighted by molar-refractivity contribution is -0.149. The Morgan fingerprint density at radius 2 is 2.17 bits per heavy atom. The Balaban J connectivity index is 1.84. The number of rotatable bonds is 10. The van der Waals surface area contributed by atoms with Crippen LogP contribution in [0.2, 0.25) is 0 Å². The van der Waals surface area contributed by atoms with E-state index in [2.05, 4.69) is 14.8 Å².